The molecule has 2 aromatic heterocycles. The summed E-state index contributed by atoms with van der Waals surface area (Å²) in [5.41, 5.74) is 4.21. The van der Waals surface area contributed by atoms with Crippen LogP contribution in [0.5, 0.6) is 5.75 Å². The summed E-state index contributed by atoms with van der Waals surface area (Å²) in [5.74, 6) is -0.595. The number of fused-ring (bicyclic) bond motifs is 4. The number of nitrogens with one attached hydrogen (secondary N) is 3. The number of piperidine rings is 1. The van der Waals surface area contributed by atoms with Crippen molar-refractivity contribution < 1.29 is 38.6 Å². The van der Waals surface area contributed by atoms with Crippen LogP contribution in [-0.2, 0) is 24.0 Å². The predicted molar refractivity (Wildman–Crippen MR) is 249 cm³/mol. The van der Waals surface area contributed by atoms with E-state index in [1.54, 1.807) is 23.5 Å². The molecular weight excluding hydrogens is 900 g/mol. The number of hydrogen-bond donors (Lipinski definition) is 4. The zero-order valence-corrected chi connectivity index (χ0v) is 39.4. The van der Waals surface area contributed by atoms with Crippen molar-refractivity contribution in [3.63, 3.8) is 0 Å². The van der Waals surface area contributed by atoms with Gasteiger partial charge in [0.15, 0.2) is 18.7 Å². The molecule has 4 aliphatic heterocycles. The summed E-state index contributed by atoms with van der Waals surface area (Å²) >= 11 is 7.91. The molecule has 2 saturated heterocycles. The largest absolute Gasteiger partial charge is 0.483 e. The smallest absolute Gasteiger partial charge is 0.261 e. The molecule has 20 heteroatoms. The lowest BCUT2D eigenvalue weighted by atomic mass is 9.99. The number of unbranched alkanes of at least 4 members (excludes halogenated alkanes) is 2. The van der Waals surface area contributed by atoms with Gasteiger partial charge in [-0.2, -0.15) is 0 Å². The van der Waals surface area contributed by atoms with Crippen LogP contribution in [0, 0.1) is 20.8 Å². The van der Waals surface area contributed by atoms with Crippen LogP contribution in [-0.4, -0.2) is 134 Å². The lowest BCUT2D eigenvalue weighted by molar-refractivity contribution is -0.139. The number of benzene rings is 2. The molecule has 4 N–H and O–H groups in total. The second kappa shape index (κ2) is 20.9. The van der Waals surface area contributed by atoms with E-state index in [-0.39, 0.29) is 60.5 Å². The van der Waals surface area contributed by atoms with Crippen LogP contribution >= 0.6 is 22.9 Å². The third-order valence-electron chi connectivity index (χ3n) is 12.8. The van der Waals surface area contributed by atoms with Crippen molar-refractivity contribution in [1.82, 2.24) is 45.4 Å². The number of aromatic nitrogens is 3. The van der Waals surface area contributed by atoms with E-state index >= 15 is 0 Å². The Morgan fingerprint density at radius 3 is 2.42 bits per heavy atom. The van der Waals surface area contributed by atoms with Crippen LogP contribution in [0.25, 0.3) is 5.00 Å². The van der Waals surface area contributed by atoms with E-state index in [9.17, 15) is 33.9 Å². The molecule has 2 fully saturated rings. The van der Waals surface area contributed by atoms with Crippen molar-refractivity contribution in [2.45, 2.75) is 90.4 Å². The Kier molecular flexibility index (Phi) is 14.8. The number of amides is 6. The van der Waals surface area contributed by atoms with Gasteiger partial charge in [0.1, 0.15) is 28.7 Å². The van der Waals surface area contributed by atoms with Crippen LogP contribution in [0.1, 0.15) is 113 Å². The van der Waals surface area contributed by atoms with Crippen LogP contribution in [0.15, 0.2) is 47.5 Å². The Balaban J connectivity index is 0.710. The van der Waals surface area contributed by atoms with E-state index in [1.807, 2.05) is 40.7 Å². The van der Waals surface area contributed by atoms with Gasteiger partial charge in [0.25, 0.3) is 11.8 Å². The van der Waals surface area contributed by atoms with Crippen LogP contribution < -0.4 is 20.7 Å². The zero-order chi connectivity index (χ0) is 47.4. The number of carbonyl (C=O) groups excluding carboxylic acids is 6. The molecule has 0 radical (unpaired) electrons. The van der Waals surface area contributed by atoms with Crippen molar-refractivity contribution in [1.29, 1.82) is 0 Å². The van der Waals surface area contributed by atoms with E-state index in [4.69, 9.17) is 21.3 Å². The number of aliphatic hydroxyl groups is 1. The predicted octanol–water partition coefficient (Wildman–Crippen LogP) is 3.85. The van der Waals surface area contributed by atoms with Gasteiger partial charge in [-0.05, 0) is 76.8 Å². The number of hydrogen-bond acceptors (Lipinski definition) is 13. The number of imide groups is 1. The SMILES string of the molecule is Cc1sc2c(c1C)C(c1ccc(Cl)cc1)=N[C@@H](CC(=O)NCCCN1CCN(C(=O)CCCCCNC(=O)COc3cccc4c3C(=O)N(C3CCC(=O)NC3=O)C4O)CC1)c1nnc(C)n1-2. The number of nitrogens with zero attached hydrogens (tertiary/aromatic N) is 7. The summed E-state index contributed by atoms with van der Waals surface area (Å²) in [6, 6.07) is 10.7. The number of aliphatic hydroxyl groups excluding tert-OH is 1. The molecule has 354 valence electrons. The van der Waals surface area contributed by atoms with Crippen molar-refractivity contribution in [3.8, 4) is 10.8 Å². The van der Waals surface area contributed by atoms with Crippen LogP contribution in [0.4, 0.5) is 0 Å². The molecular formula is C47H55ClN10O8S. The summed E-state index contributed by atoms with van der Waals surface area (Å²) in [4.78, 5) is 88.0. The number of aliphatic imine (C=N–C) groups is 1. The van der Waals surface area contributed by atoms with E-state index in [0.717, 1.165) is 70.6 Å². The van der Waals surface area contributed by atoms with E-state index in [0.29, 0.717) is 56.3 Å². The van der Waals surface area contributed by atoms with Gasteiger partial charge in [0.2, 0.25) is 23.6 Å². The molecule has 0 saturated carbocycles. The van der Waals surface area contributed by atoms with Gasteiger partial charge in [-0.1, -0.05) is 42.3 Å². The lowest BCUT2D eigenvalue weighted by Crippen LogP contribution is -2.53. The fourth-order valence-electron chi connectivity index (χ4n) is 9.05. The third-order valence-corrected chi connectivity index (χ3v) is 14.2. The van der Waals surface area contributed by atoms with Gasteiger partial charge in [-0.25, -0.2) is 0 Å². The minimum absolute atomic E-state index is 0.0478. The Hall–Kier alpha value is -6.02. The highest BCUT2D eigenvalue weighted by atomic mass is 35.5. The Bertz CT molecular complexity index is 2590. The monoisotopic (exact) mass is 954 g/mol. The quantitative estimate of drug-likeness (QED) is 0.0880. The summed E-state index contributed by atoms with van der Waals surface area (Å²) in [7, 11) is 0. The molecule has 6 heterocycles. The molecule has 67 heavy (non-hydrogen) atoms. The summed E-state index contributed by atoms with van der Waals surface area (Å²) in [6.07, 6.45) is 2.17. The molecule has 18 nitrogen and oxygen atoms in total. The third kappa shape index (κ3) is 10.4. The molecule has 4 aromatic rings. The minimum atomic E-state index is -1.39. The van der Waals surface area contributed by atoms with E-state index in [1.165, 1.54) is 10.9 Å². The number of aryl methyl sites for hydroxylation is 2. The van der Waals surface area contributed by atoms with Gasteiger partial charge < -0.3 is 25.4 Å². The molecule has 0 bridgehead atoms. The van der Waals surface area contributed by atoms with Crippen molar-refractivity contribution in [3.05, 3.63) is 91.8 Å². The first-order valence-corrected chi connectivity index (χ1v) is 24.0. The van der Waals surface area contributed by atoms with Gasteiger partial charge in [-0.3, -0.25) is 53.4 Å². The Morgan fingerprint density at radius 2 is 1.66 bits per heavy atom. The molecule has 8 rings (SSSR count). The molecule has 3 atom stereocenters. The average Bonchev–Trinajstić information content (AvgIpc) is 3.89. The van der Waals surface area contributed by atoms with Crippen LogP contribution in [0.3, 0.4) is 0 Å². The van der Waals surface area contributed by atoms with Gasteiger partial charge >= 0.3 is 0 Å². The highest BCUT2D eigenvalue weighted by Gasteiger charge is 2.46. The first-order chi connectivity index (χ1) is 32.3. The molecule has 4 aliphatic rings. The van der Waals surface area contributed by atoms with Crippen molar-refractivity contribution in [2.24, 2.45) is 4.99 Å². The van der Waals surface area contributed by atoms with Crippen molar-refractivity contribution >= 4 is 64.1 Å². The zero-order valence-electron chi connectivity index (χ0n) is 37.8. The number of piperazine rings is 1. The standard InChI is InChI=1S/C47H55ClN10O8S/c1-27-28(2)67-47-40(27)42(30-12-14-31(48)15-13-30)51-33(43-54-53-29(3)57(43)47)25-37(60)49-19-8-20-55-21-23-56(24-22-55)39(62)11-5-4-6-18-50-38(61)26-66-35-10-7-9-32-41(35)46(65)58(45(32)64)34-16-17-36(59)52-44(34)63/h7,9-10,12-15,33-34,45,64H,4-6,8,11,16-26H2,1-3H3,(H,49,60)(H,50,61)(H,52,59,63)/t33-,34?,45?/m0/s1. The van der Waals surface area contributed by atoms with E-state index in [2.05, 4.69) is 44.9 Å². The second-order valence-corrected chi connectivity index (χ2v) is 18.9. The summed E-state index contributed by atoms with van der Waals surface area (Å²) in [5, 5.41) is 29.5. The fraction of sp³-hybridized carbons (Fsp3) is 0.468. The highest BCUT2D eigenvalue weighted by Crippen LogP contribution is 2.41. The normalized spacial score (nSPS) is 19.3. The van der Waals surface area contributed by atoms with Gasteiger partial charge in [-0.15, -0.1) is 21.5 Å². The first kappa shape index (κ1) is 47.5. The maximum Gasteiger partial charge on any atom is 0.261 e. The summed E-state index contributed by atoms with van der Waals surface area (Å²) in [6.45, 7) is 10.3. The topological polar surface area (TPSA) is 221 Å². The van der Waals surface area contributed by atoms with Crippen LogP contribution in [0.2, 0.25) is 5.02 Å². The average molecular weight is 956 g/mol. The summed E-state index contributed by atoms with van der Waals surface area (Å²) < 4.78 is 7.73. The lowest BCUT2D eigenvalue weighted by Gasteiger charge is -2.34. The van der Waals surface area contributed by atoms with Gasteiger partial charge in [0.05, 0.1) is 17.7 Å². The maximum absolute atomic E-state index is 13.4. The van der Waals surface area contributed by atoms with E-state index < -0.39 is 36.0 Å². The number of carbonyl (C=O) groups is 6. The molecule has 0 spiro atoms. The number of ether oxygens (including phenoxy) is 1. The minimum Gasteiger partial charge on any atom is -0.483 e. The number of rotatable bonds is 17. The van der Waals surface area contributed by atoms with Crippen molar-refractivity contribution in [2.75, 3.05) is 52.4 Å². The Labute approximate surface area is 397 Å². The molecule has 2 aromatic carbocycles. The highest BCUT2D eigenvalue weighted by molar-refractivity contribution is 7.15. The second-order valence-electron chi connectivity index (χ2n) is 17.3. The molecule has 2 unspecified atom stereocenters. The number of halogens is 1. The maximum atomic E-state index is 13.4. The number of thiophene rings is 1. The molecule has 0 aliphatic carbocycles. The first-order valence-electron chi connectivity index (χ1n) is 22.8. The Morgan fingerprint density at radius 1 is 0.910 bits per heavy atom. The fourth-order valence-corrected chi connectivity index (χ4v) is 10.4. The van der Waals surface area contributed by atoms with Gasteiger partial charge in [0, 0.05) is 78.7 Å². The molecule has 6 amide bonds.